The quantitative estimate of drug-likeness (QED) is 0.450. The van der Waals surface area contributed by atoms with E-state index in [1.165, 1.54) is 28.2 Å². The molecule has 0 radical (unpaired) electrons. The number of rotatable bonds is 3. The number of thiophene rings is 1. The van der Waals surface area contributed by atoms with Gasteiger partial charge in [-0.15, -0.1) is 22.7 Å². The molecule has 4 aromatic heterocycles. The van der Waals surface area contributed by atoms with Crippen LogP contribution in [0.2, 0.25) is 0 Å². The third-order valence-electron chi connectivity index (χ3n) is 3.98. The molecule has 8 heteroatoms. The van der Waals surface area contributed by atoms with E-state index in [1.54, 1.807) is 11.3 Å². The Kier molecular flexibility index (Phi) is 3.63. The first-order chi connectivity index (χ1) is 12.7. The summed E-state index contributed by atoms with van der Waals surface area (Å²) in [7, 11) is 0. The molecule has 0 atom stereocenters. The maximum Gasteiger partial charge on any atom is 0.275 e. The number of carbonyl (C=O) groups excluding carboxylic acids is 1. The van der Waals surface area contributed by atoms with E-state index in [-0.39, 0.29) is 5.91 Å². The van der Waals surface area contributed by atoms with E-state index < -0.39 is 0 Å². The van der Waals surface area contributed by atoms with Crippen LogP contribution in [-0.2, 0) is 0 Å². The molecular formula is C18H12N4OS3. The molecule has 0 bridgehead atoms. The molecule has 1 amide bonds. The van der Waals surface area contributed by atoms with Gasteiger partial charge in [0.2, 0.25) is 0 Å². The largest absolute Gasteiger partial charge is 0.296 e. The van der Waals surface area contributed by atoms with Crippen LogP contribution in [0.4, 0.5) is 5.13 Å². The highest BCUT2D eigenvalue weighted by Gasteiger charge is 2.17. The van der Waals surface area contributed by atoms with E-state index >= 15 is 0 Å². The molecule has 26 heavy (non-hydrogen) atoms. The van der Waals surface area contributed by atoms with Gasteiger partial charge in [0.05, 0.1) is 15.1 Å². The second-order valence-electron chi connectivity index (χ2n) is 5.82. The summed E-state index contributed by atoms with van der Waals surface area (Å²) < 4.78 is 2.91. The monoisotopic (exact) mass is 396 g/mol. The van der Waals surface area contributed by atoms with Gasteiger partial charge in [0.1, 0.15) is 11.4 Å². The smallest absolute Gasteiger partial charge is 0.275 e. The van der Waals surface area contributed by atoms with Crippen molar-refractivity contribution in [3.8, 4) is 10.6 Å². The van der Waals surface area contributed by atoms with Crippen molar-refractivity contribution in [2.24, 2.45) is 0 Å². The highest BCUT2D eigenvalue weighted by molar-refractivity contribution is 7.22. The molecule has 5 rings (SSSR count). The molecular weight excluding hydrogens is 384 g/mol. The van der Waals surface area contributed by atoms with Gasteiger partial charge in [-0.25, -0.2) is 9.97 Å². The SMILES string of the molecule is Cc1ccc2nc(NC(=O)c3csc4nc(-c5cccs5)cn34)sc2c1. The van der Waals surface area contributed by atoms with Crippen molar-refractivity contribution in [2.45, 2.75) is 6.92 Å². The van der Waals surface area contributed by atoms with Crippen LogP contribution in [0.15, 0.2) is 47.3 Å². The van der Waals surface area contributed by atoms with E-state index in [4.69, 9.17) is 0 Å². The van der Waals surface area contributed by atoms with E-state index in [0.717, 1.165) is 25.7 Å². The number of imidazole rings is 1. The number of aromatic nitrogens is 3. The van der Waals surface area contributed by atoms with Crippen LogP contribution in [0, 0.1) is 6.92 Å². The number of hydrogen-bond donors (Lipinski definition) is 1. The summed E-state index contributed by atoms with van der Waals surface area (Å²) in [4.78, 5) is 23.7. The van der Waals surface area contributed by atoms with Crippen molar-refractivity contribution in [1.82, 2.24) is 14.4 Å². The Labute approximate surface area is 160 Å². The molecule has 0 saturated carbocycles. The Balaban J connectivity index is 1.47. The van der Waals surface area contributed by atoms with E-state index in [9.17, 15) is 4.79 Å². The molecule has 4 heterocycles. The molecule has 0 spiro atoms. The van der Waals surface area contributed by atoms with Gasteiger partial charge in [-0.05, 0) is 36.1 Å². The van der Waals surface area contributed by atoms with Gasteiger partial charge in [-0.1, -0.05) is 23.5 Å². The Morgan fingerprint density at radius 2 is 2.12 bits per heavy atom. The van der Waals surface area contributed by atoms with E-state index in [0.29, 0.717) is 10.8 Å². The van der Waals surface area contributed by atoms with Gasteiger partial charge in [0.25, 0.3) is 5.91 Å². The molecule has 0 fully saturated rings. The van der Waals surface area contributed by atoms with E-state index in [1.807, 2.05) is 52.5 Å². The first-order valence-corrected chi connectivity index (χ1v) is 10.4. The fourth-order valence-corrected chi connectivity index (χ4v) is 5.23. The lowest BCUT2D eigenvalue weighted by Crippen LogP contribution is -2.13. The van der Waals surface area contributed by atoms with E-state index in [2.05, 4.69) is 21.4 Å². The average Bonchev–Trinajstić information content (AvgIpc) is 3.36. The van der Waals surface area contributed by atoms with Crippen LogP contribution in [0.1, 0.15) is 16.1 Å². The number of amides is 1. The van der Waals surface area contributed by atoms with Crippen molar-refractivity contribution in [3.63, 3.8) is 0 Å². The third-order valence-corrected chi connectivity index (χ3v) is 6.65. The summed E-state index contributed by atoms with van der Waals surface area (Å²) in [5, 5.41) is 7.37. The number of hydrogen-bond acceptors (Lipinski definition) is 6. The molecule has 0 aliphatic rings. The van der Waals surface area contributed by atoms with Crippen LogP contribution in [0.25, 0.3) is 25.7 Å². The van der Waals surface area contributed by atoms with Crippen LogP contribution >= 0.6 is 34.0 Å². The van der Waals surface area contributed by atoms with Crippen molar-refractivity contribution >= 4 is 60.2 Å². The van der Waals surface area contributed by atoms with Crippen LogP contribution < -0.4 is 5.32 Å². The summed E-state index contributed by atoms with van der Waals surface area (Å²) in [6, 6.07) is 10.1. The second kappa shape index (κ2) is 6.01. The molecule has 5 aromatic rings. The molecule has 1 N–H and O–H groups in total. The zero-order chi connectivity index (χ0) is 17.7. The summed E-state index contributed by atoms with van der Waals surface area (Å²) >= 11 is 4.57. The number of aryl methyl sites for hydroxylation is 1. The Morgan fingerprint density at radius 3 is 2.96 bits per heavy atom. The fraction of sp³-hybridized carbons (Fsp3) is 0.0556. The zero-order valence-electron chi connectivity index (χ0n) is 13.6. The molecule has 5 nitrogen and oxygen atoms in total. The first kappa shape index (κ1) is 15.7. The number of nitrogens with one attached hydrogen (secondary N) is 1. The van der Waals surface area contributed by atoms with Gasteiger partial charge in [-0.2, -0.15) is 0 Å². The lowest BCUT2D eigenvalue weighted by Gasteiger charge is -1.99. The normalized spacial score (nSPS) is 11.4. The minimum atomic E-state index is -0.179. The van der Waals surface area contributed by atoms with Crippen molar-refractivity contribution in [3.05, 3.63) is 58.5 Å². The molecule has 0 unspecified atom stereocenters. The number of thiazole rings is 2. The van der Waals surface area contributed by atoms with Crippen molar-refractivity contribution in [1.29, 1.82) is 0 Å². The molecule has 0 aliphatic carbocycles. The Morgan fingerprint density at radius 1 is 1.19 bits per heavy atom. The first-order valence-electron chi connectivity index (χ1n) is 7.86. The van der Waals surface area contributed by atoms with Gasteiger partial charge in [0, 0.05) is 11.6 Å². The van der Waals surface area contributed by atoms with Crippen LogP contribution in [0.5, 0.6) is 0 Å². The highest BCUT2D eigenvalue weighted by atomic mass is 32.1. The summed E-state index contributed by atoms with van der Waals surface area (Å²) in [6.07, 6.45) is 1.91. The number of benzene rings is 1. The van der Waals surface area contributed by atoms with Crippen molar-refractivity contribution in [2.75, 3.05) is 5.32 Å². The number of fused-ring (bicyclic) bond motifs is 2. The molecule has 0 aliphatic heterocycles. The van der Waals surface area contributed by atoms with Gasteiger partial charge in [0.15, 0.2) is 10.1 Å². The number of carbonyl (C=O) groups is 1. The highest BCUT2D eigenvalue weighted by Crippen LogP contribution is 2.29. The molecule has 1 aromatic carbocycles. The second-order valence-corrected chi connectivity index (χ2v) is 8.64. The molecule has 128 valence electrons. The maximum absolute atomic E-state index is 12.7. The van der Waals surface area contributed by atoms with Crippen LogP contribution in [-0.4, -0.2) is 20.3 Å². The lowest BCUT2D eigenvalue weighted by atomic mass is 10.2. The summed E-state index contributed by atoms with van der Waals surface area (Å²) in [5.74, 6) is -0.179. The number of anilines is 1. The zero-order valence-corrected chi connectivity index (χ0v) is 16.0. The third kappa shape index (κ3) is 2.63. The maximum atomic E-state index is 12.7. The fourth-order valence-electron chi connectivity index (χ4n) is 2.74. The summed E-state index contributed by atoms with van der Waals surface area (Å²) in [6.45, 7) is 2.05. The predicted octanol–water partition coefficient (Wildman–Crippen LogP) is 5.29. The predicted molar refractivity (Wildman–Crippen MR) is 109 cm³/mol. The minimum absolute atomic E-state index is 0.179. The Bertz CT molecular complexity index is 1250. The number of nitrogens with zero attached hydrogens (tertiary/aromatic N) is 3. The van der Waals surface area contributed by atoms with Gasteiger partial charge >= 0.3 is 0 Å². The van der Waals surface area contributed by atoms with Crippen molar-refractivity contribution < 1.29 is 4.79 Å². The Hall–Kier alpha value is -2.55. The van der Waals surface area contributed by atoms with Crippen LogP contribution in [0.3, 0.4) is 0 Å². The molecule has 0 saturated heterocycles. The average molecular weight is 397 g/mol. The summed E-state index contributed by atoms with van der Waals surface area (Å²) in [5.41, 5.74) is 3.53. The topological polar surface area (TPSA) is 59.3 Å². The lowest BCUT2D eigenvalue weighted by molar-refractivity contribution is 0.102. The minimum Gasteiger partial charge on any atom is -0.296 e. The van der Waals surface area contributed by atoms with Gasteiger partial charge in [-0.3, -0.25) is 14.5 Å². The van der Waals surface area contributed by atoms with Gasteiger partial charge < -0.3 is 0 Å². The standard InChI is InChI=1S/C18H12N4OS3/c1-10-4-5-11-15(7-10)26-17(19-11)21-16(23)13-9-25-18-20-12(8-22(13)18)14-3-2-6-24-14/h2-9H,1H3,(H,19,21,23).